The van der Waals surface area contributed by atoms with E-state index >= 15 is 0 Å². The van der Waals surface area contributed by atoms with Gasteiger partial charge in [-0.15, -0.1) is 0 Å². The van der Waals surface area contributed by atoms with E-state index in [1.807, 2.05) is 0 Å². The zero-order valence-corrected chi connectivity index (χ0v) is 7.24. The molecule has 0 saturated carbocycles. The van der Waals surface area contributed by atoms with Crippen molar-refractivity contribution in [1.29, 1.82) is 0 Å². The van der Waals surface area contributed by atoms with Crippen LogP contribution in [0, 0.1) is 5.92 Å². The average molecular weight is 196 g/mol. The molecule has 1 atom stereocenters. The zero-order chi connectivity index (χ0) is 9.19. The molecule has 1 rings (SSSR count). The van der Waals surface area contributed by atoms with Crippen LogP contribution in [0.2, 0.25) is 0 Å². The van der Waals surface area contributed by atoms with E-state index in [9.17, 15) is 13.6 Å². The fraction of sp³-hybridized carbons (Fsp3) is 0.857. The highest BCUT2D eigenvalue weighted by Gasteiger charge is 2.42. The van der Waals surface area contributed by atoms with Crippen LogP contribution in [-0.4, -0.2) is 28.5 Å². The quantitative estimate of drug-likeness (QED) is 0.732. The largest absolute Gasteiger partial charge is 0.481 e. The molecule has 1 unspecified atom stereocenters. The first-order chi connectivity index (χ1) is 5.52. The fourth-order valence-electron chi connectivity index (χ4n) is 1.18. The van der Waals surface area contributed by atoms with Gasteiger partial charge in [0.2, 0.25) is 0 Å². The molecule has 1 N–H and O–H groups in total. The molecule has 1 heterocycles. The third-order valence-corrected chi connectivity index (χ3v) is 3.05. The minimum absolute atomic E-state index is 0.185. The van der Waals surface area contributed by atoms with E-state index in [1.165, 1.54) is 11.8 Å². The number of hydrogen-bond donors (Lipinski definition) is 1. The third kappa shape index (κ3) is 2.33. The first kappa shape index (κ1) is 9.77. The smallest absolute Gasteiger partial charge is 0.303 e. The van der Waals surface area contributed by atoms with Crippen LogP contribution in [0.4, 0.5) is 8.78 Å². The Morgan fingerprint density at radius 1 is 1.67 bits per heavy atom. The van der Waals surface area contributed by atoms with Gasteiger partial charge in [0, 0.05) is 18.1 Å². The lowest BCUT2D eigenvalue weighted by Crippen LogP contribution is -2.35. The van der Waals surface area contributed by atoms with Gasteiger partial charge in [-0.25, -0.2) is 8.78 Å². The van der Waals surface area contributed by atoms with Gasteiger partial charge in [-0.2, -0.15) is 11.8 Å². The molecule has 70 valence electrons. The molecule has 0 spiro atoms. The third-order valence-electron chi connectivity index (χ3n) is 1.92. The van der Waals surface area contributed by atoms with Crippen molar-refractivity contribution in [1.82, 2.24) is 0 Å². The first-order valence-corrected chi connectivity index (χ1v) is 4.85. The van der Waals surface area contributed by atoms with Gasteiger partial charge in [-0.05, 0) is 5.75 Å². The summed E-state index contributed by atoms with van der Waals surface area (Å²) in [4.78, 5) is 10.2. The minimum atomic E-state index is -2.77. The van der Waals surface area contributed by atoms with Crippen molar-refractivity contribution < 1.29 is 18.7 Å². The minimum Gasteiger partial charge on any atom is -0.481 e. The van der Waals surface area contributed by atoms with E-state index in [0.29, 0.717) is 5.75 Å². The van der Waals surface area contributed by atoms with Crippen molar-refractivity contribution in [3.63, 3.8) is 0 Å². The topological polar surface area (TPSA) is 37.3 Å². The maximum atomic E-state index is 13.0. The van der Waals surface area contributed by atoms with E-state index in [0.717, 1.165) is 0 Å². The summed E-state index contributed by atoms with van der Waals surface area (Å²) >= 11 is 1.40. The van der Waals surface area contributed by atoms with Gasteiger partial charge in [0.05, 0.1) is 6.42 Å². The summed E-state index contributed by atoms with van der Waals surface area (Å²) in [5.41, 5.74) is 0. The highest BCUT2D eigenvalue weighted by molar-refractivity contribution is 7.99. The molecule has 0 radical (unpaired) electrons. The standard InChI is InChI=1S/C7H10F2O2S/c8-7(9)1-2-12-4-5(7)3-6(10)11/h5H,1-4H2,(H,10,11). The van der Waals surface area contributed by atoms with Crippen LogP contribution < -0.4 is 0 Å². The number of aliphatic carboxylic acids is 1. The van der Waals surface area contributed by atoms with E-state index in [4.69, 9.17) is 5.11 Å². The Morgan fingerprint density at radius 3 is 2.83 bits per heavy atom. The molecule has 0 aromatic heterocycles. The molecule has 0 amide bonds. The maximum absolute atomic E-state index is 13.0. The number of hydrogen-bond acceptors (Lipinski definition) is 2. The molecular formula is C7H10F2O2S. The summed E-state index contributed by atoms with van der Waals surface area (Å²) in [5, 5.41) is 8.36. The van der Waals surface area contributed by atoms with Crippen LogP contribution in [0.1, 0.15) is 12.8 Å². The van der Waals surface area contributed by atoms with Crippen molar-refractivity contribution >= 4 is 17.7 Å². The van der Waals surface area contributed by atoms with Crippen LogP contribution in [0.5, 0.6) is 0 Å². The number of thioether (sulfide) groups is 1. The van der Waals surface area contributed by atoms with Crippen molar-refractivity contribution in [3.8, 4) is 0 Å². The molecule has 1 aliphatic rings. The molecule has 1 fully saturated rings. The van der Waals surface area contributed by atoms with Crippen LogP contribution in [0.25, 0.3) is 0 Å². The molecule has 0 bridgehead atoms. The summed E-state index contributed by atoms with van der Waals surface area (Å²) < 4.78 is 25.9. The maximum Gasteiger partial charge on any atom is 0.303 e. The predicted octanol–water partition coefficient (Wildman–Crippen LogP) is 1.85. The fourth-order valence-corrected chi connectivity index (χ4v) is 2.41. The molecule has 0 aromatic carbocycles. The molecule has 0 aromatic rings. The van der Waals surface area contributed by atoms with Crippen LogP contribution in [0.3, 0.4) is 0 Å². The number of halogens is 2. The van der Waals surface area contributed by atoms with Crippen molar-refractivity contribution in [2.45, 2.75) is 18.8 Å². The van der Waals surface area contributed by atoms with Gasteiger partial charge >= 0.3 is 5.97 Å². The van der Waals surface area contributed by atoms with E-state index in [2.05, 4.69) is 0 Å². The Balaban J connectivity index is 2.54. The van der Waals surface area contributed by atoms with Gasteiger partial charge in [-0.3, -0.25) is 4.79 Å². The second-order valence-electron chi connectivity index (χ2n) is 2.88. The lowest BCUT2D eigenvalue weighted by molar-refractivity contribution is -0.142. The Bertz CT molecular complexity index is 184. The van der Waals surface area contributed by atoms with E-state index in [-0.39, 0.29) is 12.2 Å². The lowest BCUT2D eigenvalue weighted by atomic mass is 9.97. The second-order valence-corrected chi connectivity index (χ2v) is 4.03. The molecule has 1 aliphatic heterocycles. The summed E-state index contributed by atoms with van der Waals surface area (Å²) in [6, 6.07) is 0. The summed E-state index contributed by atoms with van der Waals surface area (Å²) in [6.07, 6.45) is -0.602. The number of carboxylic acids is 1. The van der Waals surface area contributed by atoms with Gasteiger partial charge in [0.15, 0.2) is 0 Å². The highest BCUT2D eigenvalue weighted by atomic mass is 32.2. The number of carbonyl (C=O) groups is 1. The molecular weight excluding hydrogens is 186 g/mol. The van der Waals surface area contributed by atoms with Crippen molar-refractivity contribution in [3.05, 3.63) is 0 Å². The highest BCUT2D eigenvalue weighted by Crippen LogP contribution is 2.38. The Morgan fingerprint density at radius 2 is 2.33 bits per heavy atom. The second kappa shape index (κ2) is 3.60. The normalized spacial score (nSPS) is 28.3. The molecule has 1 saturated heterocycles. The van der Waals surface area contributed by atoms with Gasteiger partial charge in [0.1, 0.15) is 0 Å². The number of alkyl halides is 2. The summed E-state index contributed by atoms with van der Waals surface area (Å²) in [7, 11) is 0. The van der Waals surface area contributed by atoms with Crippen LogP contribution >= 0.6 is 11.8 Å². The average Bonchev–Trinajstić information content (AvgIpc) is 1.92. The van der Waals surface area contributed by atoms with Gasteiger partial charge in [0.25, 0.3) is 5.92 Å². The molecule has 2 nitrogen and oxygen atoms in total. The van der Waals surface area contributed by atoms with Crippen LogP contribution in [0.15, 0.2) is 0 Å². The SMILES string of the molecule is O=C(O)CC1CSCCC1(F)F. The van der Waals surface area contributed by atoms with Gasteiger partial charge in [-0.1, -0.05) is 0 Å². The first-order valence-electron chi connectivity index (χ1n) is 3.70. The summed E-state index contributed by atoms with van der Waals surface area (Å²) in [6.45, 7) is 0. The van der Waals surface area contributed by atoms with Crippen molar-refractivity contribution in [2.75, 3.05) is 11.5 Å². The predicted molar refractivity (Wildman–Crippen MR) is 42.6 cm³/mol. The Hall–Kier alpha value is -0.320. The van der Waals surface area contributed by atoms with Crippen molar-refractivity contribution in [2.24, 2.45) is 5.92 Å². The van der Waals surface area contributed by atoms with Crippen LogP contribution in [-0.2, 0) is 4.79 Å². The number of carboxylic acid groups (broad SMARTS) is 1. The van der Waals surface area contributed by atoms with E-state index in [1.54, 1.807) is 0 Å². The van der Waals surface area contributed by atoms with E-state index < -0.39 is 24.2 Å². The molecule has 5 heteroatoms. The number of rotatable bonds is 2. The Kier molecular flexibility index (Phi) is 2.93. The van der Waals surface area contributed by atoms with Gasteiger partial charge < -0.3 is 5.11 Å². The lowest BCUT2D eigenvalue weighted by Gasteiger charge is -2.29. The zero-order valence-electron chi connectivity index (χ0n) is 6.43. The Labute approximate surface area is 73.3 Å². The molecule has 12 heavy (non-hydrogen) atoms. The monoisotopic (exact) mass is 196 g/mol. The molecule has 0 aliphatic carbocycles. The summed E-state index contributed by atoms with van der Waals surface area (Å²) in [5.74, 6) is -4.19.